The van der Waals surface area contributed by atoms with Crippen LogP contribution in [-0.4, -0.2) is 81.5 Å². The van der Waals surface area contributed by atoms with Gasteiger partial charge in [-0.1, -0.05) is 6.92 Å². The van der Waals surface area contributed by atoms with Gasteiger partial charge in [-0.3, -0.25) is 14.5 Å². The molecule has 0 heterocycles. The molecule has 118 valence electrons. The number of ketones is 1. The number of ether oxygens (including phenoxy) is 1. The first-order valence-electron chi connectivity index (χ1n) is 7.18. The second-order valence-corrected chi connectivity index (χ2v) is 4.89. The Bertz CT molecular complexity index is 285. The highest BCUT2D eigenvalue weighted by Crippen LogP contribution is 1.97. The summed E-state index contributed by atoms with van der Waals surface area (Å²) >= 11 is 0. The van der Waals surface area contributed by atoms with Crippen molar-refractivity contribution in [3.8, 4) is 0 Å². The Labute approximate surface area is 122 Å². The van der Waals surface area contributed by atoms with Gasteiger partial charge < -0.3 is 15.0 Å². The Hall–Kier alpha value is -0.980. The van der Waals surface area contributed by atoms with Gasteiger partial charge in [-0.15, -0.1) is 0 Å². The fourth-order valence-corrected chi connectivity index (χ4v) is 1.91. The Balaban J connectivity index is 4.46. The van der Waals surface area contributed by atoms with Crippen molar-refractivity contribution >= 4 is 11.7 Å². The third-order valence-corrected chi connectivity index (χ3v) is 2.91. The van der Waals surface area contributed by atoms with Crippen LogP contribution in [0.3, 0.4) is 0 Å². The lowest BCUT2D eigenvalue weighted by molar-refractivity contribution is -0.136. The standard InChI is InChI=1S/C14H29N3O3/c1-5-7-16(9-10-20-4)12-14(19)17(8-6-15-3)11-13(2)18/h15H,5-12H2,1-4H3. The molecule has 20 heavy (non-hydrogen) atoms. The molecule has 0 aliphatic rings. The maximum absolute atomic E-state index is 12.3. The van der Waals surface area contributed by atoms with E-state index in [-0.39, 0.29) is 18.2 Å². The van der Waals surface area contributed by atoms with E-state index in [1.54, 1.807) is 12.0 Å². The maximum atomic E-state index is 12.3. The first-order chi connectivity index (χ1) is 9.54. The van der Waals surface area contributed by atoms with Gasteiger partial charge in [-0.2, -0.15) is 0 Å². The molecule has 0 spiro atoms. The predicted molar refractivity (Wildman–Crippen MR) is 79.8 cm³/mol. The summed E-state index contributed by atoms with van der Waals surface area (Å²) < 4.78 is 5.06. The van der Waals surface area contributed by atoms with E-state index in [0.29, 0.717) is 26.2 Å². The second kappa shape index (κ2) is 11.8. The molecular weight excluding hydrogens is 258 g/mol. The number of carbonyl (C=O) groups is 2. The molecule has 0 fully saturated rings. The van der Waals surface area contributed by atoms with Crippen LogP contribution < -0.4 is 5.32 Å². The topological polar surface area (TPSA) is 61.9 Å². The molecule has 0 rings (SSSR count). The van der Waals surface area contributed by atoms with Crippen LogP contribution in [0.4, 0.5) is 0 Å². The molecule has 0 radical (unpaired) electrons. The van der Waals surface area contributed by atoms with Gasteiger partial charge in [-0.25, -0.2) is 0 Å². The van der Waals surface area contributed by atoms with Crippen LogP contribution in [-0.2, 0) is 14.3 Å². The molecule has 1 amide bonds. The van der Waals surface area contributed by atoms with Crippen LogP contribution in [0.2, 0.25) is 0 Å². The van der Waals surface area contributed by atoms with Crippen molar-refractivity contribution in [2.45, 2.75) is 20.3 Å². The number of hydrogen-bond acceptors (Lipinski definition) is 5. The summed E-state index contributed by atoms with van der Waals surface area (Å²) in [6, 6.07) is 0. The summed E-state index contributed by atoms with van der Waals surface area (Å²) in [5.74, 6) is 0.00777. The van der Waals surface area contributed by atoms with Crippen molar-refractivity contribution in [3.63, 3.8) is 0 Å². The summed E-state index contributed by atoms with van der Waals surface area (Å²) in [4.78, 5) is 27.2. The molecule has 0 saturated carbocycles. The lowest BCUT2D eigenvalue weighted by atomic mass is 10.3. The fraction of sp³-hybridized carbons (Fsp3) is 0.857. The van der Waals surface area contributed by atoms with Crippen LogP contribution in [0.25, 0.3) is 0 Å². The predicted octanol–water partition coefficient (Wildman–Crippen LogP) is -0.0182. The van der Waals surface area contributed by atoms with E-state index in [0.717, 1.165) is 19.5 Å². The normalized spacial score (nSPS) is 10.8. The fourth-order valence-electron chi connectivity index (χ4n) is 1.91. The quantitative estimate of drug-likeness (QED) is 0.547. The number of likely N-dealkylation sites (N-methyl/N-ethyl adjacent to an activating group) is 1. The van der Waals surface area contributed by atoms with Gasteiger partial charge in [-0.05, 0) is 26.9 Å². The Morgan fingerprint density at radius 3 is 2.35 bits per heavy atom. The van der Waals surface area contributed by atoms with Crippen molar-refractivity contribution in [3.05, 3.63) is 0 Å². The van der Waals surface area contributed by atoms with E-state index in [1.807, 2.05) is 7.05 Å². The molecule has 0 aromatic rings. The van der Waals surface area contributed by atoms with Gasteiger partial charge >= 0.3 is 0 Å². The molecule has 0 unspecified atom stereocenters. The van der Waals surface area contributed by atoms with Gasteiger partial charge in [0.05, 0.1) is 19.7 Å². The van der Waals surface area contributed by atoms with E-state index >= 15 is 0 Å². The number of nitrogens with zero attached hydrogens (tertiary/aromatic N) is 2. The average Bonchev–Trinajstić information content (AvgIpc) is 2.40. The Morgan fingerprint density at radius 2 is 1.85 bits per heavy atom. The van der Waals surface area contributed by atoms with Gasteiger partial charge in [0.15, 0.2) is 0 Å². The van der Waals surface area contributed by atoms with E-state index < -0.39 is 0 Å². The van der Waals surface area contributed by atoms with Crippen molar-refractivity contribution in [1.82, 2.24) is 15.1 Å². The minimum Gasteiger partial charge on any atom is -0.383 e. The van der Waals surface area contributed by atoms with Crippen molar-refractivity contribution in [2.24, 2.45) is 0 Å². The first kappa shape index (κ1) is 19.0. The monoisotopic (exact) mass is 287 g/mol. The van der Waals surface area contributed by atoms with Gasteiger partial charge in [0, 0.05) is 26.7 Å². The van der Waals surface area contributed by atoms with E-state index in [9.17, 15) is 9.59 Å². The van der Waals surface area contributed by atoms with Crippen molar-refractivity contribution in [1.29, 1.82) is 0 Å². The molecule has 0 aliphatic heterocycles. The highest BCUT2D eigenvalue weighted by atomic mass is 16.5. The van der Waals surface area contributed by atoms with Crippen LogP contribution >= 0.6 is 0 Å². The molecule has 0 aromatic carbocycles. The summed E-state index contributed by atoms with van der Waals surface area (Å²) in [5, 5.41) is 3.00. The first-order valence-corrected chi connectivity index (χ1v) is 7.18. The van der Waals surface area contributed by atoms with Gasteiger partial charge in [0.2, 0.25) is 5.91 Å². The molecule has 0 atom stereocenters. The molecule has 0 aromatic heterocycles. The van der Waals surface area contributed by atoms with Gasteiger partial charge in [0.1, 0.15) is 5.78 Å². The molecule has 0 aliphatic carbocycles. The minimum absolute atomic E-state index is 0.00000283. The van der Waals surface area contributed by atoms with Crippen LogP contribution in [0.5, 0.6) is 0 Å². The number of amides is 1. The van der Waals surface area contributed by atoms with E-state index in [4.69, 9.17) is 4.74 Å². The van der Waals surface area contributed by atoms with Crippen LogP contribution in [0.15, 0.2) is 0 Å². The molecule has 6 heteroatoms. The summed E-state index contributed by atoms with van der Waals surface area (Å²) in [7, 11) is 3.49. The third-order valence-electron chi connectivity index (χ3n) is 2.91. The van der Waals surface area contributed by atoms with Crippen LogP contribution in [0, 0.1) is 0 Å². The van der Waals surface area contributed by atoms with E-state index in [1.165, 1.54) is 6.92 Å². The summed E-state index contributed by atoms with van der Waals surface area (Å²) in [5.41, 5.74) is 0. The zero-order valence-electron chi connectivity index (χ0n) is 13.3. The largest absolute Gasteiger partial charge is 0.383 e. The second-order valence-electron chi connectivity index (χ2n) is 4.89. The minimum atomic E-state index is 0.00000283. The lowest BCUT2D eigenvalue weighted by Gasteiger charge is -2.26. The highest BCUT2D eigenvalue weighted by molar-refractivity contribution is 5.85. The maximum Gasteiger partial charge on any atom is 0.237 e. The van der Waals surface area contributed by atoms with Crippen molar-refractivity contribution < 1.29 is 14.3 Å². The SMILES string of the molecule is CCCN(CCOC)CC(=O)N(CCNC)CC(C)=O. The third kappa shape index (κ3) is 9.01. The molecule has 0 bridgehead atoms. The smallest absolute Gasteiger partial charge is 0.237 e. The molecule has 1 N–H and O–H groups in total. The number of methoxy groups -OCH3 is 1. The number of rotatable bonds is 12. The average molecular weight is 287 g/mol. The number of hydrogen-bond donors (Lipinski definition) is 1. The molecule has 6 nitrogen and oxygen atoms in total. The zero-order chi connectivity index (χ0) is 15.4. The summed E-state index contributed by atoms with van der Waals surface area (Å²) in [6.45, 7) is 7.55. The molecular formula is C14H29N3O3. The Morgan fingerprint density at radius 1 is 1.15 bits per heavy atom. The summed E-state index contributed by atoms with van der Waals surface area (Å²) in [6.07, 6.45) is 0.986. The number of carbonyl (C=O) groups excluding carboxylic acids is 2. The zero-order valence-corrected chi connectivity index (χ0v) is 13.3. The lowest BCUT2D eigenvalue weighted by Crippen LogP contribution is -2.45. The number of Topliss-reactive ketones (excluding diaryl/α,β-unsaturated/α-hetero) is 1. The van der Waals surface area contributed by atoms with Crippen molar-refractivity contribution in [2.75, 3.05) is 60.0 Å². The number of nitrogens with one attached hydrogen (secondary N) is 1. The van der Waals surface area contributed by atoms with Gasteiger partial charge in [0.25, 0.3) is 0 Å². The van der Waals surface area contributed by atoms with E-state index in [2.05, 4.69) is 17.1 Å². The highest BCUT2D eigenvalue weighted by Gasteiger charge is 2.17. The Kier molecular flexibility index (Phi) is 11.2. The van der Waals surface area contributed by atoms with Crippen LogP contribution in [0.1, 0.15) is 20.3 Å². The molecule has 0 saturated heterocycles.